The molecule has 0 aliphatic carbocycles. The number of carbonyl (C=O) groups is 3. The van der Waals surface area contributed by atoms with E-state index in [0.717, 1.165) is 23.3 Å². The first-order valence-electron chi connectivity index (χ1n) is 8.01. The van der Waals surface area contributed by atoms with E-state index >= 15 is 0 Å². The average molecular weight is 358 g/mol. The molecule has 25 heavy (non-hydrogen) atoms. The molecule has 2 aromatic rings. The van der Waals surface area contributed by atoms with Gasteiger partial charge in [0.05, 0.1) is 10.9 Å². The Morgan fingerprint density at radius 3 is 2.48 bits per heavy atom. The lowest BCUT2D eigenvalue weighted by Crippen LogP contribution is -2.38. The van der Waals surface area contributed by atoms with E-state index in [1.807, 2.05) is 30.3 Å². The molecule has 1 aliphatic heterocycles. The molecule has 1 aromatic heterocycles. The topological polar surface area (TPSA) is 86.7 Å². The summed E-state index contributed by atoms with van der Waals surface area (Å²) in [5.41, 5.74) is 0.908. The standard InChI is InChI=1S/C18H18N2O4S/c21-16-7-4-10-20(16)11-13(12-5-2-1-3-6-12)19-17(22)14-8-9-15(25-14)18(23)24/h1-3,5-6,8-9,13H,4,7,10-11H2,(H,19,22)(H,23,24). The SMILES string of the molecule is O=C(O)c1ccc(C(=O)NC(CN2CCCC2=O)c2ccccc2)s1. The van der Waals surface area contributed by atoms with E-state index in [4.69, 9.17) is 5.11 Å². The van der Waals surface area contributed by atoms with Gasteiger partial charge in [0.2, 0.25) is 5.91 Å². The summed E-state index contributed by atoms with van der Waals surface area (Å²) in [6.07, 6.45) is 1.38. The molecule has 2 heterocycles. The molecule has 1 atom stereocenters. The molecule has 1 fully saturated rings. The molecule has 0 saturated carbocycles. The van der Waals surface area contributed by atoms with Crippen LogP contribution in [0.5, 0.6) is 0 Å². The molecule has 2 amide bonds. The molecule has 6 nitrogen and oxygen atoms in total. The molecule has 0 radical (unpaired) electrons. The van der Waals surface area contributed by atoms with Crippen molar-refractivity contribution < 1.29 is 19.5 Å². The van der Waals surface area contributed by atoms with Gasteiger partial charge in [0.25, 0.3) is 5.91 Å². The van der Waals surface area contributed by atoms with Crippen molar-refractivity contribution in [2.75, 3.05) is 13.1 Å². The third-order valence-electron chi connectivity index (χ3n) is 4.12. The number of rotatable bonds is 6. The van der Waals surface area contributed by atoms with Crippen molar-refractivity contribution in [2.24, 2.45) is 0 Å². The van der Waals surface area contributed by atoms with Crippen molar-refractivity contribution in [3.05, 3.63) is 57.8 Å². The number of thiophene rings is 1. The Labute approximate surface area is 149 Å². The lowest BCUT2D eigenvalue weighted by Gasteiger charge is -2.25. The predicted octanol–water partition coefficient (Wildman–Crippen LogP) is 2.54. The zero-order chi connectivity index (χ0) is 17.8. The molecule has 3 rings (SSSR count). The van der Waals surface area contributed by atoms with Gasteiger partial charge in [-0.2, -0.15) is 0 Å². The maximum absolute atomic E-state index is 12.5. The maximum Gasteiger partial charge on any atom is 0.345 e. The summed E-state index contributed by atoms with van der Waals surface area (Å²) in [5.74, 6) is -1.29. The van der Waals surface area contributed by atoms with Gasteiger partial charge in [-0.05, 0) is 24.1 Å². The average Bonchev–Trinajstić information content (AvgIpc) is 3.25. The van der Waals surface area contributed by atoms with Gasteiger partial charge in [-0.1, -0.05) is 30.3 Å². The summed E-state index contributed by atoms with van der Waals surface area (Å²) in [7, 11) is 0. The molecular formula is C18H18N2O4S. The number of nitrogens with one attached hydrogen (secondary N) is 1. The number of carbonyl (C=O) groups excluding carboxylic acids is 2. The fraction of sp³-hybridized carbons (Fsp3) is 0.278. The van der Waals surface area contributed by atoms with Gasteiger partial charge < -0.3 is 15.3 Å². The van der Waals surface area contributed by atoms with E-state index in [-0.39, 0.29) is 22.7 Å². The van der Waals surface area contributed by atoms with Crippen molar-refractivity contribution in [1.82, 2.24) is 10.2 Å². The molecular weight excluding hydrogens is 340 g/mol. The Morgan fingerprint density at radius 2 is 1.88 bits per heavy atom. The van der Waals surface area contributed by atoms with Crippen molar-refractivity contribution >= 4 is 29.1 Å². The lowest BCUT2D eigenvalue weighted by atomic mass is 10.1. The molecule has 1 saturated heterocycles. The van der Waals surface area contributed by atoms with Crippen molar-refractivity contribution in [3.8, 4) is 0 Å². The molecule has 0 spiro atoms. The van der Waals surface area contributed by atoms with Crippen LogP contribution < -0.4 is 5.32 Å². The number of amides is 2. The number of nitrogens with zero attached hydrogens (tertiary/aromatic N) is 1. The fourth-order valence-corrected chi connectivity index (χ4v) is 3.59. The van der Waals surface area contributed by atoms with Crippen LogP contribution in [0.4, 0.5) is 0 Å². The Balaban J connectivity index is 1.77. The third-order valence-corrected chi connectivity index (χ3v) is 5.19. The molecule has 2 N–H and O–H groups in total. The molecule has 1 aliphatic rings. The Bertz CT molecular complexity index is 787. The van der Waals surface area contributed by atoms with E-state index in [2.05, 4.69) is 5.32 Å². The van der Waals surface area contributed by atoms with Crippen LogP contribution in [0.3, 0.4) is 0 Å². The highest BCUT2D eigenvalue weighted by Crippen LogP contribution is 2.21. The van der Waals surface area contributed by atoms with Crippen LogP contribution in [-0.2, 0) is 4.79 Å². The zero-order valence-electron chi connectivity index (χ0n) is 13.5. The number of hydrogen-bond donors (Lipinski definition) is 2. The number of carboxylic acid groups (broad SMARTS) is 1. The Hall–Kier alpha value is -2.67. The quantitative estimate of drug-likeness (QED) is 0.831. The highest BCUT2D eigenvalue weighted by molar-refractivity contribution is 7.15. The summed E-state index contributed by atoms with van der Waals surface area (Å²) in [4.78, 5) is 37.6. The lowest BCUT2D eigenvalue weighted by molar-refractivity contribution is -0.128. The summed E-state index contributed by atoms with van der Waals surface area (Å²) in [6, 6.07) is 12.1. The van der Waals surface area contributed by atoms with Gasteiger partial charge in [0, 0.05) is 19.5 Å². The van der Waals surface area contributed by atoms with Gasteiger partial charge in [0.15, 0.2) is 0 Å². The van der Waals surface area contributed by atoms with Crippen molar-refractivity contribution in [1.29, 1.82) is 0 Å². The van der Waals surface area contributed by atoms with E-state index in [1.54, 1.807) is 4.90 Å². The minimum absolute atomic E-state index is 0.0967. The minimum Gasteiger partial charge on any atom is -0.477 e. The van der Waals surface area contributed by atoms with Crippen LogP contribution in [0.15, 0.2) is 42.5 Å². The third kappa shape index (κ3) is 4.06. The normalized spacial score (nSPS) is 15.2. The summed E-state index contributed by atoms with van der Waals surface area (Å²) in [6.45, 7) is 1.10. The summed E-state index contributed by atoms with van der Waals surface area (Å²) >= 11 is 0.937. The highest BCUT2D eigenvalue weighted by Gasteiger charge is 2.26. The largest absolute Gasteiger partial charge is 0.477 e. The Morgan fingerprint density at radius 1 is 1.16 bits per heavy atom. The molecule has 0 bridgehead atoms. The number of hydrogen-bond acceptors (Lipinski definition) is 4. The summed E-state index contributed by atoms with van der Waals surface area (Å²) < 4.78 is 0. The van der Waals surface area contributed by atoms with E-state index < -0.39 is 5.97 Å². The zero-order valence-corrected chi connectivity index (χ0v) is 14.3. The van der Waals surface area contributed by atoms with Gasteiger partial charge in [-0.25, -0.2) is 4.79 Å². The van der Waals surface area contributed by atoms with Crippen LogP contribution in [0.25, 0.3) is 0 Å². The van der Waals surface area contributed by atoms with Crippen LogP contribution in [0, 0.1) is 0 Å². The smallest absolute Gasteiger partial charge is 0.345 e. The number of benzene rings is 1. The monoisotopic (exact) mass is 358 g/mol. The first-order chi connectivity index (χ1) is 12.0. The van der Waals surface area contributed by atoms with Crippen LogP contribution in [0.2, 0.25) is 0 Å². The predicted molar refractivity (Wildman–Crippen MR) is 93.7 cm³/mol. The second-order valence-corrected chi connectivity index (χ2v) is 6.93. The highest BCUT2D eigenvalue weighted by atomic mass is 32.1. The van der Waals surface area contributed by atoms with E-state index in [1.165, 1.54) is 12.1 Å². The van der Waals surface area contributed by atoms with Gasteiger partial charge in [-0.3, -0.25) is 9.59 Å². The second-order valence-electron chi connectivity index (χ2n) is 5.85. The molecule has 1 aromatic carbocycles. The fourth-order valence-electron chi connectivity index (χ4n) is 2.84. The Kier molecular flexibility index (Phi) is 5.14. The summed E-state index contributed by atoms with van der Waals surface area (Å²) in [5, 5.41) is 11.9. The van der Waals surface area contributed by atoms with E-state index in [9.17, 15) is 14.4 Å². The van der Waals surface area contributed by atoms with Crippen molar-refractivity contribution in [3.63, 3.8) is 0 Å². The number of carboxylic acids is 1. The number of likely N-dealkylation sites (tertiary alicyclic amines) is 1. The van der Waals surface area contributed by atoms with E-state index in [0.29, 0.717) is 24.4 Å². The van der Waals surface area contributed by atoms with Gasteiger partial charge >= 0.3 is 5.97 Å². The first kappa shape index (κ1) is 17.2. The minimum atomic E-state index is -1.05. The number of aromatic carboxylic acids is 1. The second kappa shape index (κ2) is 7.48. The van der Waals surface area contributed by atoms with Gasteiger partial charge in [0.1, 0.15) is 4.88 Å². The molecule has 130 valence electrons. The first-order valence-corrected chi connectivity index (χ1v) is 8.83. The molecule has 7 heteroatoms. The van der Waals surface area contributed by atoms with Gasteiger partial charge in [-0.15, -0.1) is 11.3 Å². The van der Waals surface area contributed by atoms with Crippen LogP contribution in [-0.4, -0.2) is 40.9 Å². The van der Waals surface area contributed by atoms with Crippen LogP contribution in [0.1, 0.15) is 43.8 Å². The van der Waals surface area contributed by atoms with Crippen molar-refractivity contribution in [2.45, 2.75) is 18.9 Å². The van der Waals surface area contributed by atoms with Crippen LogP contribution >= 0.6 is 11.3 Å². The molecule has 1 unspecified atom stereocenters. The maximum atomic E-state index is 12.5.